The predicted molar refractivity (Wildman–Crippen MR) is 225 cm³/mol. The van der Waals surface area contributed by atoms with Gasteiger partial charge in [-0.2, -0.15) is 0 Å². The van der Waals surface area contributed by atoms with Crippen LogP contribution in [-0.2, 0) is 33.3 Å². The predicted octanol–water partition coefficient (Wildman–Crippen LogP) is 10.0. The van der Waals surface area contributed by atoms with Crippen LogP contribution in [0.1, 0.15) is 213 Å². The van der Waals surface area contributed by atoms with Gasteiger partial charge in [-0.05, 0) is 38.5 Å². The van der Waals surface area contributed by atoms with Crippen molar-refractivity contribution < 1.29 is 53.8 Å². The van der Waals surface area contributed by atoms with Crippen LogP contribution in [-0.4, -0.2) is 88.4 Å². The molecule has 0 amide bonds. The molecule has 0 aliphatic carbocycles. The number of aliphatic hydroxyl groups excluding tert-OH is 3. The Balaban J connectivity index is 2.34. The highest BCUT2D eigenvalue weighted by Crippen LogP contribution is 2.23. The van der Waals surface area contributed by atoms with E-state index in [2.05, 4.69) is 26.0 Å². The number of aliphatic carboxylic acids is 1. The smallest absolute Gasteiger partial charge is 0.335 e. The van der Waals surface area contributed by atoms with Crippen LogP contribution in [0.5, 0.6) is 0 Å². The lowest BCUT2D eigenvalue weighted by Gasteiger charge is -2.38. The molecule has 0 bridgehead atoms. The number of hydrogen-bond acceptors (Lipinski definition) is 10. The second kappa shape index (κ2) is 37.0. The molecule has 1 aliphatic rings. The maximum atomic E-state index is 12.8. The summed E-state index contributed by atoms with van der Waals surface area (Å²) >= 11 is 0. The lowest BCUT2D eigenvalue weighted by atomic mass is 9.99. The van der Waals surface area contributed by atoms with Crippen molar-refractivity contribution in [1.82, 2.24) is 0 Å². The fourth-order valence-corrected chi connectivity index (χ4v) is 7.17. The second-order valence-corrected chi connectivity index (χ2v) is 16.3. The number of hydrogen-bond donors (Lipinski definition) is 4. The molecule has 0 radical (unpaired) electrons. The summed E-state index contributed by atoms with van der Waals surface area (Å²) in [6.45, 7) is 3.82. The number of carbonyl (C=O) groups excluding carboxylic acids is 2. The van der Waals surface area contributed by atoms with E-state index in [9.17, 15) is 34.8 Å². The van der Waals surface area contributed by atoms with Crippen LogP contribution in [0.3, 0.4) is 0 Å². The first-order valence-corrected chi connectivity index (χ1v) is 23.2. The molecule has 0 aromatic rings. The van der Waals surface area contributed by atoms with Gasteiger partial charge in [0, 0.05) is 12.8 Å². The van der Waals surface area contributed by atoms with Crippen molar-refractivity contribution in [2.45, 2.75) is 250 Å². The van der Waals surface area contributed by atoms with E-state index < -0.39 is 54.7 Å². The van der Waals surface area contributed by atoms with Gasteiger partial charge in [-0.1, -0.05) is 174 Å². The lowest BCUT2D eigenvalue weighted by Crippen LogP contribution is -2.60. The van der Waals surface area contributed by atoms with Crippen LogP contribution in [0.2, 0.25) is 0 Å². The highest BCUT2D eigenvalue weighted by Gasteiger charge is 2.47. The highest BCUT2D eigenvalue weighted by atomic mass is 16.7. The summed E-state index contributed by atoms with van der Waals surface area (Å²) in [7, 11) is 0. The summed E-state index contributed by atoms with van der Waals surface area (Å²) in [5, 5.41) is 39.8. The summed E-state index contributed by atoms with van der Waals surface area (Å²) in [6, 6.07) is 0. The second-order valence-electron chi connectivity index (χ2n) is 16.3. The number of carboxylic acids is 1. The van der Waals surface area contributed by atoms with Crippen molar-refractivity contribution in [2.75, 3.05) is 13.2 Å². The molecular formula is C46H84O11. The number of carboxylic acid groups (broad SMARTS) is 1. The molecule has 1 aliphatic heterocycles. The Morgan fingerprint density at radius 2 is 0.930 bits per heavy atom. The number of esters is 2. The SMILES string of the molecule is CCCCCCCC/C=C\CCCCCCCCCC(=O)OCC(COC1OC(C(=O)O)C(O)C(O)C1O)OC(=O)CCCCCCCCCCCCCCCC. The van der Waals surface area contributed by atoms with Crippen LogP contribution in [0.4, 0.5) is 0 Å². The Kier molecular flexibility index (Phi) is 34.4. The Morgan fingerprint density at radius 3 is 1.37 bits per heavy atom. The van der Waals surface area contributed by atoms with Crippen LogP contribution in [0.15, 0.2) is 12.2 Å². The van der Waals surface area contributed by atoms with Gasteiger partial charge in [-0.3, -0.25) is 9.59 Å². The number of ether oxygens (including phenoxy) is 4. The van der Waals surface area contributed by atoms with E-state index in [1.165, 1.54) is 128 Å². The molecule has 0 saturated carbocycles. The van der Waals surface area contributed by atoms with Crippen molar-refractivity contribution in [3.63, 3.8) is 0 Å². The largest absolute Gasteiger partial charge is 0.479 e. The molecule has 4 N–H and O–H groups in total. The summed E-state index contributed by atoms with van der Waals surface area (Å²) in [5.41, 5.74) is 0. The number of unbranched alkanes of at least 4 members (excludes halogenated alkanes) is 26. The molecule has 1 heterocycles. The van der Waals surface area contributed by atoms with Crippen LogP contribution >= 0.6 is 0 Å². The van der Waals surface area contributed by atoms with Gasteiger partial charge in [0.05, 0.1) is 6.61 Å². The third kappa shape index (κ3) is 28.9. The summed E-state index contributed by atoms with van der Waals surface area (Å²) in [4.78, 5) is 36.8. The molecule has 1 saturated heterocycles. The summed E-state index contributed by atoms with van der Waals surface area (Å²) in [6.07, 6.45) is 29.7. The first kappa shape index (κ1) is 53.0. The van der Waals surface area contributed by atoms with Crippen LogP contribution < -0.4 is 0 Å². The molecule has 0 aromatic heterocycles. The molecule has 334 valence electrons. The average Bonchev–Trinajstić information content (AvgIpc) is 3.19. The van der Waals surface area contributed by atoms with E-state index in [4.69, 9.17) is 18.9 Å². The minimum atomic E-state index is -1.86. The first-order chi connectivity index (χ1) is 27.7. The molecule has 1 rings (SSSR count). The number of carbonyl (C=O) groups is 3. The number of rotatable bonds is 39. The van der Waals surface area contributed by atoms with E-state index in [0.717, 1.165) is 44.9 Å². The molecule has 6 unspecified atom stereocenters. The summed E-state index contributed by atoms with van der Waals surface area (Å²) < 4.78 is 21.8. The number of aliphatic hydroxyl groups is 3. The van der Waals surface area contributed by atoms with E-state index in [-0.39, 0.29) is 26.1 Å². The topological polar surface area (TPSA) is 169 Å². The van der Waals surface area contributed by atoms with Gasteiger partial charge in [0.2, 0.25) is 0 Å². The molecule has 1 fully saturated rings. The zero-order chi connectivity index (χ0) is 41.8. The van der Waals surface area contributed by atoms with Crippen molar-refractivity contribution >= 4 is 17.9 Å². The molecular weight excluding hydrogens is 728 g/mol. The molecule has 57 heavy (non-hydrogen) atoms. The van der Waals surface area contributed by atoms with E-state index in [0.29, 0.717) is 12.8 Å². The van der Waals surface area contributed by atoms with Gasteiger partial charge in [0.1, 0.15) is 24.9 Å². The van der Waals surface area contributed by atoms with Crippen molar-refractivity contribution in [3.8, 4) is 0 Å². The van der Waals surface area contributed by atoms with E-state index >= 15 is 0 Å². The van der Waals surface area contributed by atoms with E-state index in [1.54, 1.807) is 0 Å². The quantitative estimate of drug-likeness (QED) is 0.0265. The Bertz CT molecular complexity index is 1000. The Morgan fingerprint density at radius 1 is 0.526 bits per heavy atom. The Labute approximate surface area is 346 Å². The molecule has 0 spiro atoms. The monoisotopic (exact) mass is 813 g/mol. The number of allylic oxidation sites excluding steroid dienone is 2. The summed E-state index contributed by atoms with van der Waals surface area (Å²) in [5.74, 6) is -2.44. The van der Waals surface area contributed by atoms with Gasteiger partial charge in [-0.15, -0.1) is 0 Å². The highest BCUT2D eigenvalue weighted by molar-refractivity contribution is 5.73. The minimum absolute atomic E-state index is 0.187. The van der Waals surface area contributed by atoms with Crippen molar-refractivity contribution in [3.05, 3.63) is 12.2 Å². The maximum Gasteiger partial charge on any atom is 0.335 e. The van der Waals surface area contributed by atoms with Gasteiger partial charge >= 0.3 is 17.9 Å². The first-order valence-electron chi connectivity index (χ1n) is 23.2. The maximum absolute atomic E-state index is 12.8. The van der Waals surface area contributed by atoms with E-state index in [1.807, 2.05) is 0 Å². The fourth-order valence-electron chi connectivity index (χ4n) is 7.17. The van der Waals surface area contributed by atoms with Gasteiger partial charge in [-0.25, -0.2) is 4.79 Å². The van der Waals surface area contributed by atoms with Crippen molar-refractivity contribution in [1.29, 1.82) is 0 Å². The Hall–Kier alpha value is -2.05. The zero-order valence-corrected chi connectivity index (χ0v) is 36.1. The third-order valence-electron chi connectivity index (χ3n) is 10.9. The third-order valence-corrected chi connectivity index (χ3v) is 10.9. The average molecular weight is 813 g/mol. The zero-order valence-electron chi connectivity index (χ0n) is 36.1. The van der Waals surface area contributed by atoms with Crippen LogP contribution in [0, 0.1) is 0 Å². The van der Waals surface area contributed by atoms with Gasteiger partial charge in [0.25, 0.3) is 0 Å². The molecule has 11 heteroatoms. The van der Waals surface area contributed by atoms with Gasteiger partial charge in [0.15, 0.2) is 18.5 Å². The minimum Gasteiger partial charge on any atom is -0.479 e. The molecule has 6 atom stereocenters. The standard InChI is InChI=1S/C46H84O11/c1-3-5-7-9-11-13-15-17-19-20-21-23-24-26-28-30-32-34-39(47)54-36-38(37-55-46-43(51)41(49)42(50)44(57-46)45(52)53)56-40(48)35-33-31-29-27-25-22-18-16-14-12-10-8-6-4-2/h17,19,38,41-44,46,49-51H,3-16,18,20-37H2,1-2H3,(H,52,53)/b19-17-. The lowest BCUT2D eigenvalue weighted by molar-refractivity contribution is -0.298. The van der Waals surface area contributed by atoms with Crippen LogP contribution in [0.25, 0.3) is 0 Å². The molecule has 11 nitrogen and oxygen atoms in total. The van der Waals surface area contributed by atoms with Gasteiger partial charge < -0.3 is 39.4 Å². The van der Waals surface area contributed by atoms with Crippen molar-refractivity contribution in [2.24, 2.45) is 0 Å². The normalized spacial score (nSPS) is 20.2. The molecule has 0 aromatic carbocycles. The fraction of sp³-hybridized carbons (Fsp3) is 0.891.